The number of ether oxygens (including phenoxy) is 2. The quantitative estimate of drug-likeness (QED) is 0.761. The third-order valence-electron chi connectivity index (χ3n) is 3.48. The first-order valence-electron chi connectivity index (χ1n) is 7.43. The summed E-state index contributed by atoms with van der Waals surface area (Å²) in [7, 11) is 0. The Morgan fingerprint density at radius 2 is 2.36 bits per heavy atom. The van der Waals surface area contributed by atoms with Gasteiger partial charge < -0.3 is 13.9 Å². The van der Waals surface area contributed by atoms with Gasteiger partial charge in [-0.25, -0.2) is 0 Å². The van der Waals surface area contributed by atoms with Gasteiger partial charge in [-0.2, -0.15) is 11.3 Å². The molecule has 3 rings (SSSR count). The van der Waals surface area contributed by atoms with Gasteiger partial charge in [0.05, 0.1) is 12.5 Å². The molecule has 0 saturated carbocycles. The van der Waals surface area contributed by atoms with Crippen LogP contribution < -0.4 is 0 Å². The van der Waals surface area contributed by atoms with Crippen molar-refractivity contribution in [2.24, 2.45) is 0 Å². The molecule has 0 amide bonds. The van der Waals surface area contributed by atoms with E-state index in [0.717, 1.165) is 31.4 Å². The maximum absolute atomic E-state index is 11.7. The number of aromatic nitrogens is 2. The molecule has 1 atom stereocenters. The summed E-state index contributed by atoms with van der Waals surface area (Å²) in [5.41, 5.74) is 0.903. The van der Waals surface area contributed by atoms with E-state index in [9.17, 15) is 4.79 Å². The van der Waals surface area contributed by atoms with Gasteiger partial charge in [0.1, 0.15) is 6.61 Å². The van der Waals surface area contributed by atoms with Crippen molar-refractivity contribution in [3.63, 3.8) is 0 Å². The molecule has 1 aliphatic rings. The first-order valence-corrected chi connectivity index (χ1v) is 8.38. The zero-order valence-corrected chi connectivity index (χ0v) is 13.0. The lowest BCUT2D eigenvalue weighted by Gasteiger charge is -2.21. The van der Waals surface area contributed by atoms with Gasteiger partial charge in [-0.1, -0.05) is 0 Å². The average Bonchev–Trinajstić information content (AvgIpc) is 3.22. The Morgan fingerprint density at radius 1 is 1.41 bits per heavy atom. The van der Waals surface area contributed by atoms with E-state index in [-0.39, 0.29) is 18.5 Å². The van der Waals surface area contributed by atoms with E-state index < -0.39 is 0 Å². The van der Waals surface area contributed by atoms with Crippen LogP contribution in [-0.4, -0.2) is 35.5 Å². The molecule has 0 aliphatic carbocycles. The number of aryl methyl sites for hydroxylation is 1. The SMILES string of the molecule is O=C(CCc1nnc(-c2ccsc2)o1)OCC1CCCCO1. The molecule has 1 aliphatic heterocycles. The van der Waals surface area contributed by atoms with Crippen molar-refractivity contribution in [3.05, 3.63) is 22.7 Å². The van der Waals surface area contributed by atoms with Crippen molar-refractivity contribution in [2.45, 2.75) is 38.2 Å². The minimum Gasteiger partial charge on any atom is -0.463 e. The van der Waals surface area contributed by atoms with Gasteiger partial charge in [0.2, 0.25) is 11.8 Å². The van der Waals surface area contributed by atoms with Crippen LogP contribution >= 0.6 is 11.3 Å². The molecule has 1 fully saturated rings. The number of esters is 1. The van der Waals surface area contributed by atoms with E-state index in [4.69, 9.17) is 13.9 Å². The van der Waals surface area contributed by atoms with Crippen molar-refractivity contribution in [1.29, 1.82) is 0 Å². The number of hydrogen-bond donors (Lipinski definition) is 0. The zero-order valence-electron chi connectivity index (χ0n) is 12.2. The van der Waals surface area contributed by atoms with Crippen molar-refractivity contribution in [1.82, 2.24) is 10.2 Å². The Kier molecular flexibility index (Phi) is 5.18. The summed E-state index contributed by atoms with van der Waals surface area (Å²) >= 11 is 1.57. The van der Waals surface area contributed by atoms with E-state index in [0.29, 0.717) is 24.8 Å². The second-order valence-corrected chi connectivity index (χ2v) is 5.96. The van der Waals surface area contributed by atoms with Gasteiger partial charge in [-0.15, -0.1) is 10.2 Å². The van der Waals surface area contributed by atoms with Crippen LogP contribution in [0.3, 0.4) is 0 Å². The molecule has 7 heteroatoms. The van der Waals surface area contributed by atoms with Crippen LogP contribution in [0.2, 0.25) is 0 Å². The number of hydrogen-bond acceptors (Lipinski definition) is 7. The Labute approximate surface area is 132 Å². The van der Waals surface area contributed by atoms with Crippen LogP contribution in [0.4, 0.5) is 0 Å². The number of thiophene rings is 1. The third-order valence-corrected chi connectivity index (χ3v) is 4.17. The summed E-state index contributed by atoms with van der Waals surface area (Å²) in [6.45, 7) is 1.10. The normalized spacial score (nSPS) is 18.3. The highest BCUT2D eigenvalue weighted by molar-refractivity contribution is 7.08. The van der Waals surface area contributed by atoms with Crippen LogP contribution in [0.5, 0.6) is 0 Å². The zero-order chi connectivity index (χ0) is 15.2. The minimum absolute atomic E-state index is 0.0475. The second kappa shape index (κ2) is 7.51. The lowest BCUT2D eigenvalue weighted by atomic mass is 10.1. The maximum atomic E-state index is 11.7. The predicted octanol–water partition coefficient (Wildman–Crippen LogP) is 2.84. The Balaban J connectivity index is 1.41. The number of nitrogens with zero attached hydrogens (tertiary/aromatic N) is 2. The van der Waals surface area contributed by atoms with Crippen molar-refractivity contribution >= 4 is 17.3 Å². The van der Waals surface area contributed by atoms with Crippen molar-refractivity contribution in [2.75, 3.05) is 13.2 Å². The number of rotatable bonds is 6. The molecular weight excluding hydrogens is 304 g/mol. The summed E-state index contributed by atoms with van der Waals surface area (Å²) in [6, 6.07) is 1.92. The second-order valence-electron chi connectivity index (χ2n) is 5.18. The lowest BCUT2D eigenvalue weighted by molar-refractivity contribution is -0.149. The van der Waals surface area contributed by atoms with Crippen LogP contribution in [0, 0.1) is 0 Å². The minimum atomic E-state index is -0.260. The molecule has 118 valence electrons. The molecule has 1 saturated heterocycles. The Bertz CT molecular complexity index is 590. The van der Waals surface area contributed by atoms with E-state index in [2.05, 4.69) is 10.2 Å². The summed E-state index contributed by atoms with van der Waals surface area (Å²) in [5.74, 6) is 0.678. The fraction of sp³-hybridized carbons (Fsp3) is 0.533. The maximum Gasteiger partial charge on any atom is 0.306 e. The van der Waals surface area contributed by atoms with Gasteiger partial charge in [-0.05, 0) is 30.7 Å². The molecule has 0 bridgehead atoms. The molecule has 2 aromatic rings. The molecule has 0 aromatic carbocycles. The third kappa shape index (κ3) is 4.14. The van der Waals surface area contributed by atoms with Gasteiger partial charge >= 0.3 is 5.97 Å². The lowest BCUT2D eigenvalue weighted by Crippen LogP contribution is -2.26. The van der Waals surface area contributed by atoms with E-state index in [1.54, 1.807) is 11.3 Å². The molecule has 1 unspecified atom stereocenters. The standard InChI is InChI=1S/C15H18N2O4S/c18-14(20-9-12-3-1-2-7-19-12)5-4-13-16-17-15(21-13)11-6-8-22-10-11/h6,8,10,12H,1-5,7,9H2. The topological polar surface area (TPSA) is 74.5 Å². The van der Waals surface area contributed by atoms with Gasteiger partial charge in [0.25, 0.3) is 0 Å². The van der Waals surface area contributed by atoms with Gasteiger partial charge in [0.15, 0.2) is 0 Å². The summed E-state index contributed by atoms with van der Waals surface area (Å²) in [5, 5.41) is 11.8. The predicted molar refractivity (Wildman–Crippen MR) is 80.5 cm³/mol. The molecular formula is C15H18N2O4S. The summed E-state index contributed by atoms with van der Waals surface area (Å²) < 4.78 is 16.3. The summed E-state index contributed by atoms with van der Waals surface area (Å²) in [4.78, 5) is 11.7. The number of carbonyl (C=O) groups is 1. The molecule has 2 aromatic heterocycles. The Morgan fingerprint density at radius 3 is 3.14 bits per heavy atom. The summed E-state index contributed by atoms with van der Waals surface area (Å²) in [6.07, 6.45) is 3.86. The molecule has 22 heavy (non-hydrogen) atoms. The first kappa shape index (κ1) is 15.2. The van der Waals surface area contributed by atoms with Crippen molar-refractivity contribution in [3.8, 4) is 11.5 Å². The van der Waals surface area contributed by atoms with E-state index >= 15 is 0 Å². The van der Waals surface area contributed by atoms with E-state index in [1.807, 2.05) is 16.8 Å². The van der Waals surface area contributed by atoms with Crippen LogP contribution in [-0.2, 0) is 20.7 Å². The highest BCUT2D eigenvalue weighted by Crippen LogP contribution is 2.20. The smallest absolute Gasteiger partial charge is 0.306 e. The highest BCUT2D eigenvalue weighted by Gasteiger charge is 2.16. The van der Waals surface area contributed by atoms with E-state index in [1.165, 1.54) is 0 Å². The van der Waals surface area contributed by atoms with Crippen LogP contribution in [0.1, 0.15) is 31.6 Å². The van der Waals surface area contributed by atoms with Gasteiger partial charge in [-0.3, -0.25) is 4.79 Å². The molecule has 0 radical (unpaired) electrons. The monoisotopic (exact) mass is 322 g/mol. The molecule has 0 N–H and O–H groups in total. The van der Waals surface area contributed by atoms with Crippen LogP contribution in [0.15, 0.2) is 21.2 Å². The first-order chi connectivity index (χ1) is 10.8. The average molecular weight is 322 g/mol. The fourth-order valence-corrected chi connectivity index (χ4v) is 2.89. The molecule has 3 heterocycles. The highest BCUT2D eigenvalue weighted by atomic mass is 32.1. The Hall–Kier alpha value is -1.73. The largest absolute Gasteiger partial charge is 0.463 e. The molecule has 6 nitrogen and oxygen atoms in total. The molecule has 0 spiro atoms. The van der Waals surface area contributed by atoms with Gasteiger partial charge in [0, 0.05) is 24.0 Å². The van der Waals surface area contributed by atoms with Crippen molar-refractivity contribution < 1.29 is 18.7 Å². The van der Waals surface area contributed by atoms with Crippen LogP contribution in [0.25, 0.3) is 11.5 Å². The number of carbonyl (C=O) groups excluding carboxylic acids is 1. The fourth-order valence-electron chi connectivity index (χ4n) is 2.26.